The summed E-state index contributed by atoms with van der Waals surface area (Å²) in [5.41, 5.74) is 0. The fourth-order valence-corrected chi connectivity index (χ4v) is 3.65. The summed E-state index contributed by atoms with van der Waals surface area (Å²) in [5, 5.41) is 10.2. The van der Waals surface area contributed by atoms with Crippen LogP contribution in [0.15, 0.2) is 0 Å². The molecule has 0 fully saturated rings. The number of unbranched alkanes of at least 4 members (excludes halogenated alkanes) is 17. The molecule has 0 aromatic rings. The van der Waals surface area contributed by atoms with Gasteiger partial charge in [-0.15, -0.1) is 0 Å². The van der Waals surface area contributed by atoms with Gasteiger partial charge in [0.2, 0.25) is 10.4 Å². The van der Waals surface area contributed by atoms with E-state index in [1.54, 1.807) is 0 Å². The Morgan fingerprint density at radius 2 is 0.939 bits per heavy atom. The van der Waals surface area contributed by atoms with Crippen LogP contribution in [0.5, 0.6) is 0 Å². The first-order valence-electron chi connectivity index (χ1n) is 12.6. The van der Waals surface area contributed by atoms with E-state index >= 15 is 0 Å². The van der Waals surface area contributed by atoms with Gasteiger partial charge in [-0.3, -0.25) is 4.18 Å². The molecule has 33 heavy (non-hydrogen) atoms. The van der Waals surface area contributed by atoms with Crippen molar-refractivity contribution in [3.63, 3.8) is 0 Å². The SMILES string of the molecule is CCCCCCCCCCCCCCCC(=O)[O-].CCCCCCCCOS(=O)(=O)[O-].[K+].[Na+]. The Balaban J connectivity index is -0.000000251. The maximum atomic E-state index is 10.2. The van der Waals surface area contributed by atoms with Gasteiger partial charge in [0.1, 0.15) is 0 Å². The molecule has 6 nitrogen and oxygen atoms in total. The second kappa shape index (κ2) is 34.0. The molecule has 0 aliphatic rings. The number of carbonyl (C=O) groups is 1. The number of carboxylic acid groups (broad SMARTS) is 1. The molecule has 0 bridgehead atoms. The van der Waals surface area contributed by atoms with E-state index in [-0.39, 0.29) is 94.0 Å². The van der Waals surface area contributed by atoms with Crippen LogP contribution >= 0.6 is 0 Å². The molecule has 0 aromatic heterocycles. The van der Waals surface area contributed by atoms with E-state index in [1.807, 2.05) is 0 Å². The van der Waals surface area contributed by atoms with Gasteiger partial charge in [-0.2, -0.15) is 0 Å². The predicted molar refractivity (Wildman–Crippen MR) is 124 cm³/mol. The minimum Gasteiger partial charge on any atom is -0.726 e. The number of aliphatic carboxylic acids is 1. The molecule has 0 aliphatic heterocycles. The van der Waals surface area contributed by atoms with Crippen LogP contribution in [0.2, 0.25) is 0 Å². The molecular weight excluding hydrogens is 478 g/mol. The summed E-state index contributed by atoms with van der Waals surface area (Å²) < 4.78 is 34.0. The standard InChI is InChI=1S/C16H32O2.C8H18O4S.K.Na/c1-2-3-4-5-6-7-8-9-10-11-12-13-14-15-16(17)18;1-2-3-4-5-6-7-8-12-13(9,10)11;;/h2-15H2,1H3,(H,17,18);2-8H2,1H3,(H,9,10,11);;/q;;2*+1/p-2. The van der Waals surface area contributed by atoms with Gasteiger partial charge in [0.05, 0.1) is 6.61 Å². The van der Waals surface area contributed by atoms with E-state index in [4.69, 9.17) is 0 Å². The van der Waals surface area contributed by atoms with Gasteiger partial charge in [-0.1, -0.05) is 123 Å². The van der Waals surface area contributed by atoms with Crippen molar-refractivity contribution in [1.29, 1.82) is 0 Å². The Kier molecular flexibility index (Phi) is 43.3. The van der Waals surface area contributed by atoms with Crippen LogP contribution in [0.25, 0.3) is 0 Å². The summed E-state index contributed by atoms with van der Waals surface area (Å²) in [4.78, 5) is 10.2. The zero-order chi connectivity index (χ0) is 23.6. The molecule has 0 amide bonds. The van der Waals surface area contributed by atoms with Crippen LogP contribution in [0.1, 0.15) is 142 Å². The predicted octanol–water partition coefficient (Wildman–Crippen LogP) is 0.0493. The molecule has 0 atom stereocenters. The van der Waals surface area contributed by atoms with Crippen molar-refractivity contribution in [3.05, 3.63) is 0 Å². The third-order valence-electron chi connectivity index (χ3n) is 5.21. The van der Waals surface area contributed by atoms with Gasteiger partial charge in [-0.05, 0) is 19.3 Å². The first-order valence-corrected chi connectivity index (χ1v) is 14.0. The summed E-state index contributed by atoms with van der Waals surface area (Å²) in [7, 11) is -4.47. The molecule has 0 spiro atoms. The number of carbonyl (C=O) groups excluding carboxylic acids is 1. The maximum Gasteiger partial charge on any atom is 1.00 e. The van der Waals surface area contributed by atoms with Crippen molar-refractivity contribution < 1.29 is 108 Å². The average molecular weight is 527 g/mol. The fourth-order valence-electron chi connectivity index (χ4n) is 3.33. The minimum atomic E-state index is -4.47. The summed E-state index contributed by atoms with van der Waals surface area (Å²) in [5.74, 6) is -0.905. The first-order chi connectivity index (χ1) is 14.8. The molecule has 0 radical (unpaired) electrons. The van der Waals surface area contributed by atoms with Crippen molar-refractivity contribution in [3.8, 4) is 0 Å². The summed E-state index contributed by atoms with van der Waals surface area (Å²) in [6, 6.07) is 0. The van der Waals surface area contributed by atoms with Crippen molar-refractivity contribution in [2.75, 3.05) is 6.61 Å². The Morgan fingerprint density at radius 1 is 0.636 bits per heavy atom. The summed E-state index contributed by atoms with van der Waals surface area (Å²) in [6.07, 6.45) is 23.1. The molecule has 0 heterocycles. The molecule has 0 aliphatic carbocycles. The smallest absolute Gasteiger partial charge is 0.726 e. The molecule has 0 rings (SSSR count). The molecule has 9 heteroatoms. The quantitative estimate of drug-likeness (QED) is 0.0854. The summed E-state index contributed by atoms with van der Waals surface area (Å²) in [6.45, 7) is 4.41. The Labute approximate surface area is 269 Å². The van der Waals surface area contributed by atoms with Crippen LogP contribution in [0.3, 0.4) is 0 Å². The van der Waals surface area contributed by atoms with E-state index < -0.39 is 16.4 Å². The normalized spacial score (nSPS) is 10.5. The first kappa shape index (κ1) is 42.1. The van der Waals surface area contributed by atoms with Crippen molar-refractivity contribution in [2.24, 2.45) is 0 Å². The van der Waals surface area contributed by atoms with Gasteiger partial charge in [-0.25, -0.2) is 8.42 Å². The van der Waals surface area contributed by atoms with Crippen molar-refractivity contribution in [1.82, 2.24) is 0 Å². The van der Waals surface area contributed by atoms with Gasteiger partial charge >= 0.3 is 80.9 Å². The molecule has 188 valence electrons. The van der Waals surface area contributed by atoms with E-state index in [2.05, 4.69) is 18.0 Å². The van der Waals surface area contributed by atoms with Gasteiger partial charge in [0, 0.05) is 5.97 Å². The van der Waals surface area contributed by atoms with Crippen molar-refractivity contribution >= 4 is 16.4 Å². The fraction of sp³-hybridized carbons (Fsp3) is 0.958. The van der Waals surface area contributed by atoms with Crippen LogP contribution < -0.4 is 86.0 Å². The Hall–Kier alpha value is 1.98. The van der Waals surface area contributed by atoms with Crippen LogP contribution in [-0.4, -0.2) is 25.5 Å². The topological polar surface area (TPSA) is 107 Å². The van der Waals surface area contributed by atoms with Crippen LogP contribution in [0.4, 0.5) is 0 Å². The van der Waals surface area contributed by atoms with E-state index in [9.17, 15) is 22.9 Å². The number of carboxylic acids is 1. The molecule has 0 N–H and O–H groups in total. The van der Waals surface area contributed by atoms with Crippen molar-refractivity contribution in [2.45, 2.75) is 142 Å². The second-order valence-corrected chi connectivity index (χ2v) is 9.41. The number of hydrogen-bond donors (Lipinski definition) is 0. The third kappa shape index (κ3) is 47.7. The maximum absolute atomic E-state index is 10.2. The molecule has 0 saturated heterocycles. The summed E-state index contributed by atoms with van der Waals surface area (Å²) >= 11 is 0. The zero-order valence-corrected chi connectivity index (χ0v) is 28.1. The monoisotopic (exact) mass is 526 g/mol. The molecular formula is C24H48KNaO6S. The Bertz CT molecular complexity index is 478. The minimum absolute atomic E-state index is 0. The van der Waals surface area contributed by atoms with Gasteiger partial charge in [0.25, 0.3) is 0 Å². The van der Waals surface area contributed by atoms with Gasteiger partial charge in [0.15, 0.2) is 0 Å². The molecule has 0 saturated carbocycles. The van der Waals surface area contributed by atoms with E-state index in [0.717, 1.165) is 25.7 Å². The van der Waals surface area contributed by atoms with Crippen LogP contribution in [0, 0.1) is 0 Å². The third-order valence-corrected chi connectivity index (χ3v) is 5.67. The zero-order valence-electron chi connectivity index (χ0n) is 22.2. The Morgan fingerprint density at radius 3 is 1.24 bits per heavy atom. The second-order valence-electron chi connectivity index (χ2n) is 8.36. The average Bonchev–Trinajstić information content (AvgIpc) is 2.70. The van der Waals surface area contributed by atoms with Gasteiger partial charge < -0.3 is 14.5 Å². The van der Waals surface area contributed by atoms with E-state index in [1.165, 1.54) is 89.9 Å². The largest absolute Gasteiger partial charge is 1.00 e. The molecule has 0 unspecified atom stereocenters. The molecule has 0 aromatic carbocycles. The number of hydrogen-bond acceptors (Lipinski definition) is 6. The van der Waals surface area contributed by atoms with Crippen LogP contribution in [-0.2, 0) is 19.4 Å². The number of rotatable bonds is 22. The van der Waals surface area contributed by atoms with E-state index in [0.29, 0.717) is 6.42 Å².